The molecule has 2 aromatic rings. The molecule has 1 heterocycles. The summed E-state index contributed by atoms with van der Waals surface area (Å²) in [4.78, 5) is 4.22. The van der Waals surface area contributed by atoms with Crippen LogP contribution in [-0.2, 0) is 6.42 Å². The standard InChI is InChI=1S/C18H22N2/c19-18(13-15-7-6-12-20-14-15)11-5-4-10-17(18)16-8-2-1-3-9-16/h1-3,6-9,12,14,17H,4-5,10-11,13,19H2. The van der Waals surface area contributed by atoms with Gasteiger partial charge in [0.2, 0.25) is 0 Å². The van der Waals surface area contributed by atoms with Gasteiger partial charge in [0.05, 0.1) is 0 Å². The molecular formula is C18H22N2. The van der Waals surface area contributed by atoms with Crippen LogP contribution in [0.5, 0.6) is 0 Å². The molecule has 3 rings (SSSR count). The minimum Gasteiger partial charge on any atom is -0.324 e. The third-order valence-electron chi connectivity index (χ3n) is 4.54. The number of pyridine rings is 1. The van der Waals surface area contributed by atoms with Crippen LogP contribution in [0.1, 0.15) is 42.7 Å². The summed E-state index contributed by atoms with van der Waals surface area (Å²) in [5.74, 6) is 0.456. The first-order valence-electron chi connectivity index (χ1n) is 7.51. The van der Waals surface area contributed by atoms with E-state index in [1.165, 1.54) is 30.4 Å². The molecule has 0 aliphatic heterocycles. The second-order valence-corrected chi connectivity index (χ2v) is 5.98. The number of hydrogen-bond acceptors (Lipinski definition) is 2. The topological polar surface area (TPSA) is 38.9 Å². The second kappa shape index (κ2) is 5.76. The van der Waals surface area contributed by atoms with Crippen molar-refractivity contribution in [2.24, 2.45) is 5.73 Å². The van der Waals surface area contributed by atoms with E-state index in [1.807, 2.05) is 18.5 Å². The molecule has 2 unspecified atom stereocenters. The first-order chi connectivity index (χ1) is 9.78. The van der Waals surface area contributed by atoms with Crippen LogP contribution in [0, 0.1) is 0 Å². The molecule has 2 heteroatoms. The van der Waals surface area contributed by atoms with Gasteiger partial charge in [-0.1, -0.05) is 49.2 Å². The van der Waals surface area contributed by atoms with Crippen LogP contribution >= 0.6 is 0 Å². The fourth-order valence-corrected chi connectivity index (χ4v) is 3.54. The van der Waals surface area contributed by atoms with Crippen molar-refractivity contribution in [1.29, 1.82) is 0 Å². The van der Waals surface area contributed by atoms with E-state index in [-0.39, 0.29) is 5.54 Å². The minimum absolute atomic E-state index is 0.136. The number of aromatic nitrogens is 1. The Hall–Kier alpha value is -1.67. The Morgan fingerprint density at radius 1 is 1.10 bits per heavy atom. The summed E-state index contributed by atoms with van der Waals surface area (Å²) >= 11 is 0. The number of nitrogens with zero attached hydrogens (tertiary/aromatic N) is 1. The Balaban J connectivity index is 1.88. The van der Waals surface area contributed by atoms with E-state index >= 15 is 0 Å². The van der Waals surface area contributed by atoms with E-state index in [0.717, 1.165) is 12.8 Å². The SMILES string of the molecule is NC1(Cc2cccnc2)CCCCC1c1ccccc1. The molecule has 0 radical (unpaired) electrons. The lowest BCUT2D eigenvalue weighted by Crippen LogP contribution is -2.49. The monoisotopic (exact) mass is 266 g/mol. The third-order valence-corrected chi connectivity index (χ3v) is 4.54. The maximum atomic E-state index is 6.84. The van der Waals surface area contributed by atoms with Crippen molar-refractivity contribution < 1.29 is 0 Å². The Kier molecular flexibility index (Phi) is 3.83. The highest BCUT2D eigenvalue weighted by Crippen LogP contribution is 2.41. The minimum atomic E-state index is -0.136. The van der Waals surface area contributed by atoms with Crippen LogP contribution in [0.25, 0.3) is 0 Å². The van der Waals surface area contributed by atoms with Gasteiger partial charge in [-0.25, -0.2) is 0 Å². The van der Waals surface area contributed by atoms with Gasteiger partial charge < -0.3 is 5.73 Å². The van der Waals surface area contributed by atoms with E-state index in [0.29, 0.717) is 5.92 Å². The van der Waals surface area contributed by atoms with Crippen molar-refractivity contribution in [3.63, 3.8) is 0 Å². The summed E-state index contributed by atoms with van der Waals surface area (Å²) in [5, 5.41) is 0. The fourth-order valence-electron chi connectivity index (χ4n) is 3.54. The Morgan fingerprint density at radius 2 is 1.95 bits per heavy atom. The van der Waals surface area contributed by atoms with Crippen LogP contribution in [0.4, 0.5) is 0 Å². The zero-order chi connectivity index (χ0) is 13.8. The number of nitrogens with two attached hydrogens (primary N) is 1. The van der Waals surface area contributed by atoms with E-state index in [2.05, 4.69) is 41.4 Å². The molecule has 1 aliphatic rings. The Labute approximate surface area is 121 Å². The zero-order valence-corrected chi connectivity index (χ0v) is 11.8. The molecule has 0 bridgehead atoms. The molecule has 20 heavy (non-hydrogen) atoms. The summed E-state index contributed by atoms with van der Waals surface area (Å²) in [6.45, 7) is 0. The van der Waals surface area contributed by atoms with Crippen molar-refractivity contribution in [2.45, 2.75) is 43.6 Å². The molecule has 1 fully saturated rings. The first kappa shape index (κ1) is 13.3. The molecule has 0 spiro atoms. The predicted molar refractivity (Wildman–Crippen MR) is 82.5 cm³/mol. The third kappa shape index (κ3) is 2.75. The van der Waals surface area contributed by atoms with Gasteiger partial charge in [-0.2, -0.15) is 0 Å². The molecule has 1 aliphatic carbocycles. The summed E-state index contributed by atoms with van der Waals surface area (Å²) < 4.78 is 0. The molecular weight excluding hydrogens is 244 g/mol. The molecule has 0 amide bonds. The van der Waals surface area contributed by atoms with Crippen molar-refractivity contribution in [3.05, 3.63) is 66.0 Å². The van der Waals surface area contributed by atoms with Crippen molar-refractivity contribution in [1.82, 2.24) is 4.98 Å². The highest BCUT2D eigenvalue weighted by atomic mass is 14.8. The molecule has 2 atom stereocenters. The lowest BCUT2D eigenvalue weighted by atomic mass is 9.68. The van der Waals surface area contributed by atoms with Gasteiger partial charge in [0.25, 0.3) is 0 Å². The molecule has 1 aromatic heterocycles. The van der Waals surface area contributed by atoms with Crippen LogP contribution < -0.4 is 5.73 Å². The molecule has 2 nitrogen and oxygen atoms in total. The maximum absolute atomic E-state index is 6.84. The average molecular weight is 266 g/mol. The van der Waals surface area contributed by atoms with Crippen LogP contribution in [0.3, 0.4) is 0 Å². The first-order valence-corrected chi connectivity index (χ1v) is 7.51. The van der Waals surface area contributed by atoms with Crippen LogP contribution in [0.2, 0.25) is 0 Å². The van der Waals surface area contributed by atoms with Crippen molar-refractivity contribution in [2.75, 3.05) is 0 Å². The van der Waals surface area contributed by atoms with E-state index in [4.69, 9.17) is 5.73 Å². The maximum Gasteiger partial charge on any atom is 0.0300 e. The predicted octanol–water partition coefficient (Wildman–Crippen LogP) is 3.68. The molecule has 2 N–H and O–H groups in total. The normalized spacial score (nSPS) is 26.4. The highest BCUT2D eigenvalue weighted by Gasteiger charge is 2.38. The fraction of sp³-hybridized carbons (Fsp3) is 0.389. The van der Waals surface area contributed by atoms with Gasteiger partial charge in [0, 0.05) is 23.9 Å². The van der Waals surface area contributed by atoms with Crippen molar-refractivity contribution >= 4 is 0 Å². The van der Waals surface area contributed by atoms with Crippen molar-refractivity contribution in [3.8, 4) is 0 Å². The number of hydrogen-bond donors (Lipinski definition) is 1. The average Bonchev–Trinajstić information content (AvgIpc) is 2.49. The summed E-state index contributed by atoms with van der Waals surface area (Å²) in [7, 11) is 0. The van der Waals surface area contributed by atoms with Crippen LogP contribution in [-0.4, -0.2) is 10.5 Å². The van der Waals surface area contributed by atoms with Gasteiger partial charge >= 0.3 is 0 Å². The second-order valence-electron chi connectivity index (χ2n) is 5.98. The van der Waals surface area contributed by atoms with E-state index < -0.39 is 0 Å². The molecule has 1 aromatic carbocycles. The van der Waals surface area contributed by atoms with Crippen LogP contribution in [0.15, 0.2) is 54.9 Å². The highest BCUT2D eigenvalue weighted by molar-refractivity contribution is 5.27. The van der Waals surface area contributed by atoms with Gasteiger partial charge in [-0.05, 0) is 36.5 Å². The quantitative estimate of drug-likeness (QED) is 0.920. The van der Waals surface area contributed by atoms with Gasteiger partial charge in [0.1, 0.15) is 0 Å². The van der Waals surface area contributed by atoms with Gasteiger partial charge in [-0.3, -0.25) is 4.98 Å². The van der Waals surface area contributed by atoms with E-state index in [9.17, 15) is 0 Å². The Bertz CT molecular complexity index is 538. The Morgan fingerprint density at radius 3 is 2.70 bits per heavy atom. The largest absolute Gasteiger partial charge is 0.324 e. The molecule has 104 valence electrons. The number of rotatable bonds is 3. The molecule has 1 saturated carbocycles. The molecule has 0 saturated heterocycles. The number of benzene rings is 1. The lowest BCUT2D eigenvalue weighted by Gasteiger charge is -2.42. The zero-order valence-electron chi connectivity index (χ0n) is 11.8. The van der Waals surface area contributed by atoms with E-state index in [1.54, 1.807) is 0 Å². The van der Waals surface area contributed by atoms with Gasteiger partial charge in [-0.15, -0.1) is 0 Å². The lowest BCUT2D eigenvalue weighted by molar-refractivity contribution is 0.249. The summed E-state index contributed by atoms with van der Waals surface area (Å²) in [5.41, 5.74) is 9.34. The smallest absolute Gasteiger partial charge is 0.0300 e. The summed E-state index contributed by atoms with van der Waals surface area (Å²) in [6, 6.07) is 14.9. The summed E-state index contributed by atoms with van der Waals surface area (Å²) in [6.07, 6.45) is 9.50. The van der Waals surface area contributed by atoms with Gasteiger partial charge in [0.15, 0.2) is 0 Å².